The number of fused-ring (bicyclic) bond motifs is 7. The molecular weight excluding hydrogens is 665 g/mol. The number of pyridine rings is 2. The number of hydrogen-bond donors (Lipinski definition) is 0. The molecule has 0 radical (unpaired) electrons. The standard InChI is InChI=1S/C53H36N2/c1-53(2)45-31-33(49-37-15-3-7-19-41(37)51(47-23-11-13-29-54-47)42-20-8-4-16-38(42)49)25-27-35(45)36-28-26-34(32-46(36)53)50-39-17-5-9-21-43(39)52(48-24-12-14-30-55-48)44-22-10-6-18-40(44)50/h3-32H,1-2H3. The predicted octanol–water partition coefficient (Wildman–Crippen LogP) is 14.1. The largest absolute Gasteiger partial charge is 0.256 e. The van der Waals surface area contributed by atoms with Crippen molar-refractivity contribution >= 4 is 43.1 Å². The molecule has 0 unspecified atom stereocenters. The summed E-state index contributed by atoms with van der Waals surface area (Å²) in [6.07, 6.45) is 3.78. The van der Waals surface area contributed by atoms with Gasteiger partial charge in [0.25, 0.3) is 0 Å². The Kier molecular flexibility index (Phi) is 6.93. The van der Waals surface area contributed by atoms with Crippen molar-refractivity contribution in [2.45, 2.75) is 19.3 Å². The molecule has 2 nitrogen and oxygen atoms in total. The normalized spacial score (nSPS) is 13.1. The fraction of sp³-hybridized carbons (Fsp3) is 0.0566. The maximum atomic E-state index is 4.82. The Balaban J connectivity index is 1.10. The van der Waals surface area contributed by atoms with Crippen LogP contribution in [-0.2, 0) is 5.41 Å². The maximum absolute atomic E-state index is 4.82. The van der Waals surface area contributed by atoms with Crippen molar-refractivity contribution in [3.05, 3.63) is 193 Å². The van der Waals surface area contributed by atoms with Crippen molar-refractivity contribution in [2.24, 2.45) is 0 Å². The fourth-order valence-corrected chi connectivity index (χ4v) is 9.50. The highest BCUT2D eigenvalue weighted by Gasteiger charge is 2.36. The number of benzene rings is 8. The van der Waals surface area contributed by atoms with Crippen molar-refractivity contribution in [1.82, 2.24) is 9.97 Å². The topological polar surface area (TPSA) is 25.8 Å². The third-order valence-electron chi connectivity index (χ3n) is 12.0. The van der Waals surface area contributed by atoms with E-state index in [0.29, 0.717) is 0 Å². The molecule has 1 aliphatic carbocycles. The highest BCUT2D eigenvalue weighted by molar-refractivity contribution is 6.22. The van der Waals surface area contributed by atoms with Crippen LogP contribution in [0, 0.1) is 0 Å². The first-order chi connectivity index (χ1) is 27.1. The second-order valence-electron chi connectivity index (χ2n) is 15.3. The highest BCUT2D eigenvalue weighted by Crippen LogP contribution is 2.53. The second-order valence-corrected chi connectivity index (χ2v) is 15.3. The summed E-state index contributed by atoms with van der Waals surface area (Å²) in [5.41, 5.74) is 14.5. The minimum Gasteiger partial charge on any atom is -0.256 e. The van der Waals surface area contributed by atoms with E-state index in [0.717, 1.165) is 11.4 Å². The van der Waals surface area contributed by atoms with Gasteiger partial charge < -0.3 is 0 Å². The van der Waals surface area contributed by atoms with E-state index < -0.39 is 0 Å². The summed E-state index contributed by atoms with van der Waals surface area (Å²) in [4.78, 5) is 9.64. The van der Waals surface area contributed by atoms with E-state index in [-0.39, 0.29) is 5.41 Å². The van der Waals surface area contributed by atoms with Gasteiger partial charge in [-0.15, -0.1) is 0 Å². The van der Waals surface area contributed by atoms with Gasteiger partial charge in [-0.3, -0.25) is 9.97 Å². The van der Waals surface area contributed by atoms with Crippen LogP contribution in [0.5, 0.6) is 0 Å². The van der Waals surface area contributed by atoms with Gasteiger partial charge in [-0.25, -0.2) is 0 Å². The first-order valence-electron chi connectivity index (χ1n) is 19.1. The van der Waals surface area contributed by atoms with Crippen LogP contribution in [-0.4, -0.2) is 9.97 Å². The highest BCUT2D eigenvalue weighted by atomic mass is 14.7. The molecule has 55 heavy (non-hydrogen) atoms. The monoisotopic (exact) mass is 700 g/mol. The minimum atomic E-state index is -0.213. The lowest BCUT2D eigenvalue weighted by atomic mass is 9.79. The third kappa shape index (κ3) is 4.68. The summed E-state index contributed by atoms with van der Waals surface area (Å²) in [6, 6.07) is 62.0. The van der Waals surface area contributed by atoms with Crippen LogP contribution < -0.4 is 0 Å². The number of hydrogen-bond acceptors (Lipinski definition) is 2. The molecule has 0 saturated heterocycles. The van der Waals surface area contributed by atoms with Crippen molar-refractivity contribution < 1.29 is 0 Å². The van der Waals surface area contributed by atoms with Crippen molar-refractivity contribution in [2.75, 3.05) is 0 Å². The van der Waals surface area contributed by atoms with Gasteiger partial charge in [0.05, 0.1) is 11.4 Å². The van der Waals surface area contributed by atoms with Crippen molar-refractivity contribution in [1.29, 1.82) is 0 Å². The van der Waals surface area contributed by atoms with Crippen LogP contribution >= 0.6 is 0 Å². The van der Waals surface area contributed by atoms with Crippen LogP contribution in [0.25, 0.3) is 99.0 Å². The maximum Gasteiger partial charge on any atom is 0.0714 e. The summed E-state index contributed by atoms with van der Waals surface area (Å²) in [6.45, 7) is 4.79. The first kappa shape index (κ1) is 31.6. The zero-order valence-corrected chi connectivity index (χ0v) is 30.7. The summed E-state index contributed by atoms with van der Waals surface area (Å²) in [5, 5.41) is 9.84. The van der Waals surface area contributed by atoms with E-state index in [1.807, 2.05) is 24.5 Å². The van der Waals surface area contributed by atoms with Crippen LogP contribution in [0.1, 0.15) is 25.0 Å². The summed E-state index contributed by atoms with van der Waals surface area (Å²) in [5.74, 6) is 0. The molecule has 2 aromatic heterocycles. The van der Waals surface area contributed by atoms with Crippen LogP contribution in [0.15, 0.2) is 182 Å². The average molecular weight is 701 g/mol. The van der Waals surface area contributed by atoms with E-state index >= 15 is 0 Å². The number of rotatable bonds is 4. The molecule has 8 aromatic carbocycles. The Morgan fingerprint density at radius 3 is 0.945 bits per heavy atom. The van der Waals surface area contributed by atoms with Crippen LogP contribution in [0.3, 0.4) is 0 Å². The van der Waals surface area contributed by atoms with E-state index in [1.54, 1.807) is 0 Å². The van der Waals surface area contributed by atoms with E-state index in [1.165, 1.54) is 98.7 Å². The molecule has 0 aliphatic heterocycles. The van der Waals surface area contributed by atoms with Gasteiger partial charge in [0.2, 0.25) is 0 Å². The smallest absolute Gasteiger partial charge is 0.0714 e. The lowest BCUT2D eigenvalue weighted by Crippen LogP contribution is -2.15. The van der Waals surface area contributed by atoms with Gasteiger partial charge in [0.1, 0.15) is 0 Å². The molecule has 2 heterocycles. The zero-order chi connectivity index (χ0) is 36.7. The molecule has 0 bridgehead atoms. The minimum absolute atomic E-state index is 0.213. The van der Waals surface area contributed by atoms with E-state index in [9.17, 15) is 0 Å². The van der Waals surface area contributed by atoms with E-state index in [2.05, 4.69) is 172 Å². The summed E-state index contributed by atoms with van der Waals surface area (Å²) < 4.78 is 0. The molecule has 0 saturated carbocycles. The average Bonchev–Trinajstić information content (AvgIpc) is 3.47. The third-order valence-corrected chi connectivity index (χ3v) is 12.0. The van der Waals surface area contributed by atoms with Gasteiger partial charge in [0, 0.05) is 28.9 Å². The molecule has 258 valence electrons. The molecular formula is C53H36N2. The molecule has 0 fully saturated rings. The molecule has 10 aromatic rings. The second kappa shape index (κ2) is 12.1. The Bertz CT molecular complexity index is 2830. The van der Waals surface area contributed by atoms with E-state index in [4.69, 9.17) is 9.97 Å². The van der Waals surface area contributed by atoms with Crippen molar-refractivity contribution in [3.63, 3.8) is 0 Å². The summed E-state index contributed by atoms with van der Waals surface area (Å²) >= 11 is 0. The molecule has 0 spiro atoms. The number of aromatic nitrogens is 2. The fourth-order valence-electron chi connectivity index (χ4n) is 9.50. The lowest BCUT2D eigenvalue weighted by molar-refractivity contribution is 0.661. The molecule has 11 rings (SSSR count). The van der Waals surface area contributed by atoms with Gasteiger partial charge in [-0.1, -0.05) is 147 Å². The Labute approximate surface area is 320 Å². The van der Waals surface area contributed by atoms with Crippen LogP contribution in [0.2, 0.25) is 0 Å². The van der Waals surface area contributed by atoms with Crippen molar-refractivity contribution in [3.8, 4) is 55.9 Å². The van der Waals surface area contributed by atoms with Gasteiger partial charge in [0.15, 0.2) is 0 Å². The first-order valence-corrected chi connectivity index (χ1v) is 19.1. The van der Waals surface area contributed by atoms with Gasteiger partial charge >= 0.3 is 0 Å². The molecule has 0 atom stereocenters. The Morgan fingerprint density at radius 1 is 0.327 bits per heavy atom. The van der Waals surface area contributed by atoms with Gasteiger partial charge in [-0.2, -0.15) is 0 Å². The van der Waals surface area contributed by atoms with Gasteiger partial charge in [-0.05, 0) is 124 Å². The number of nitrogens with zero attached hydrogens (tertiary/aromatic N) is 2. The predicted molar refractivity (Wildman–Crippen MR) is 231 cm³/mol. The summed E-state index contributed by atoms with van der Waals surface area (Å²) in [7, 11) is 0. The SMILES string of the molecule is CC1(C)c2cc(-c3c4ccccc4c(-c4ccccn4)c4ccccc34)ccc2-c2ccc(-c3c4ccccc4c(-c4ccccn4)c4ccccc34)cc21. The molecule has 1 aliphatic rings. The zero-order valence-electron chi connectivity index (χ0n) is 30.7. The Hall–Kier alpha value is -6.90. The molecule has 0 N–H and O–H groups in total. The molecule has 0 amide bonds. The lowest BCUT2D eigenvalue weighted by Gasteiger charge is -2.24. The Morgan fingerprint density at radius 2 is 0.636 bits per heavy atom. The quantitative estimate of drug-likeness (QED) is 0.171. The molecule has 2 heteroatoms. The van der Waals surface area contributed by atoms with Crippen LogP contribution in [0.4, 0.5) is 0 Å².